The highest BCUT2D eigenvalue weighted by atomic mass is 35.5. The average molecular weight is 397 g/mol. The standard InChI is InChI=1S/C18H21ClN2O4S/c1-12(2)11-25-17-7-5-4-6-16(17)21-18(22)14-10-13(8-9-15(14)19)26(23,24)20-3/h4-10,12,20H,11H2,1-3H3,(H,21,22). The smallest absolute Gasteiger partial charge is 0.257 e. The van der Waals surface area contributed by atoms with E-state index in [2.05, 4.69) is 10.0 Å². The summed E-state index contributed by atoms with van der Waals surface area (Å²) in [6.45, 7) is 4.55. The van der Waals surface area contributed by atoms with E-state index in [0.717, 1.165) is 0 Å². The molecule has 0 atom stereocenters. The number of carbonyl (C=O) groups excluding carboxylic acids is 1. The first kappa shape index (κ1) is 20.2. The van der Waals surface area contributed by atoms with Crippen LogP contribution in [-0.4, -0.2) is 28.0 Å². The van der Waals surface area contributed by atoms with E-state index in [4.69, 9.17) is 16.3 Å². The summed E-state index contributed by atoms with van der Waals surface area (Å²) < 4.78 is 31.8. The van der Waals surface area contributed by atoms with Crippen LogP contribution in [0, 0.1) is 5.92 Å². The van der Waals surface area contributed by atoms with Crippen LogP contribution in [0.15, 0.2) is 47.4 Å². The number of nitrogens with one attached hydrogen (secondary N) is 2. The zero-order valence-electron chi connectivity index (χ0n) is 14.7. The lowest BCUT2D eigenvalue weighted by Gasteiger charge is -2.14. The SMILES string of the molecule is CNS(=O)(=O)c1ccc(Cl)c(C(=O)Nc2ccccc2OCC(C)C)c1. The Morgan fingerprint density at radius 3 is 2.54 bits per heavy atom. The third-order valence-electron chi connectivity index (χ3n) is 3.47. The number of hydrogen-bond donors (Lipinski definition) is 2. The molecule has 0 fully saturated rings. The summed E-state index contributed by atoms with van der Waals surface area (Å²) in [6.07, 6.45) is 0. The molecule has 140 valence electrons. The molecule has 2 aromatic rings. The summed E-state index contributed by atoms with van der Waals surface area (Å²) in [4.78, 5) is 12.6. The number of hydrogen-bond acceptors (Lipinski definition) is 4. The van der Waals surface area contributed by atoms with E-state index in [1.165, 1.54) is 25.2 Å². The van der Waals surface area contributed by atoms with E-state index >= 15 is 0 Å². The molecule has 26 heavy (non-hydrogen) atoms. The van der Waals surface area contributed by atoms with E-state index in [9.17, 15) is 13.2 Å². The maximum Gasteiger partial charge on any atom is 0.257 e. The van der Waals surface area contributed by atoms with Crippen molar-refractivity contribution in [3.05, 3.63) is 53.1 Å². The van der Waals surface area contributed by atoms with E-state index < -0.39 is 15.9 Å². The predicted molar refractivity (Wildman–Crippen MR) is 102 cm³/mol. The lowest BCUT2D eigenvalue weighted by Crippen LogP contribution is -2.20. The maximum atomic E-state index is 12.6. The lowest BCUT2D eigenvalue weighted by atomic mass is 10.2. The van der Waals surface area contributed by atoms with Crippen molar-refractivity contribution >= 4 is 33.2 Å². The lowest BCUT2D eigenvalue weighted by molar-refractivity contribution is 0.102. The fourth-order valence-corrected chi connectivity index (χ4v) is 3.06. The number of rotatable bonds is 7. The molecule has 2 aromatic carbocycles. The summed E-state index contributed by atoms with van der Waals surface area (Å²) >= 11 is 6.09. The van der Waals surface area contributed by atoms with E-state index in [1.807, 2.05) is 13.8 Å². The van der Waals surface area contributed by atoms with Gasteiger partial charge >= 0.3 is 0 Å². The van der Waals surface area contributed by atoms with Gasteiger partial charge in [-0.15, -0.1) is 0 Å². The molecule has 0 unspecified atom stereocenters. The van der Waals surface area contributed by atoms with Crippen LogP contribution in [0.4, 0.5) is 5.69 Å². The van der Waals surface area contributed by atoms with Crippen molar-refractivity contribution in [1.82, 2.24) is 4.72 Å². The minimum absolute atomic E-state index is 0.0427. The number of para-hydroxylation sites is 2. The fraction of sp³-hybridized carbons (Fsp3) is 0.278. The van der Waals surface area contributed by atoms with Crippen molar-refractivity contribution in [2.45, 2.75) is 18.7 Å². The molecule has 8 heteroatoms. The number of sulfonamides is 1. The van der Waals surface area contributed by atoms with Crippen LogP contribution in [0.25, 0.3) is 0 Å². The molecule has 0 aromatic heterocycles. The highest BCUT2D eigenvalue weighted by Gasteiger charge is 2.18. The Balaban J connectivity index is 2.30. The van der Waals surface area contributed by atoms with Gasteiger partial charge in [-0.05, 0) is 43.3 Å². The summed E-state index contributed by atoms with van der Waals surface area (Å²) in [5.41, 5.74) is 0.540. The van der Waals surface area contributed by atoms with Crippen molar-refractivity contribution in [1.29, 1.82) is 0 Å². The van der Waals surface area contributed by atoms with Crippen LogP contribution in [0.3, 0.4) is 0 Å². The molecular weight excluding hydrogens is 376 g/mol. The second-order valence-electron chi connectivity index (χ2n) is 6.00. The number of ether oxygens (including phenoxy) is 1. The van der Waals surface area contributed by atoms with Crippen LogP contribution < -0.4 is 14.8 Å². The van der Waals surface area contributed by atoms with Gasteiger partial charge in [0, 0.05) is 0 Å². The third-order valence-corrected chi connectivity index (χ3v) is 5.21. The third kappa shape index (κ3) is 4.97. The molecule has 0 aliphatic carbocycles. The Kier molecular flexibility index (Phi) is 6.63. The molecule has 1 amide bonds. The number of anilines is 1. The van der Waals surface area contributed by atoms with Crippen LogP contribution in [-0.2, 0) is 10.0 Å². The summed E-state index contributed by atoms with van der Waals surface area (Å²) in [7, 11) is -2.39. The van der Waals surface area contributed by atoms with Gasteiger partial charge in [-0.25, -0.2) is 13.1 Å². The van der Waals surface area contributed by atoms with Gasteiger partial charge < -0.3 is 10.1 Å². The van der Waals surface area contributed by atoms with Crippen molar-refractivity contribution in [2.75, 3.05) is 19.0 Å². The Bertz CT molecular complexity index is 898. The molecule has 0 saturated heterocycles. The molecule has 6 nitrogen and oxygen atoms in total. The van der Waals surface area contributed by atoms with Gasteiger partial charge in [-0.3, -0.25) is 4.79 Å². The largest absolute Gasteiger partial charge is 0.491 e. The summed E-state index contributed by atoms with van der Waals surface area (Å²) in [5, 5.41) is 2.88. The second-order valence-corrected chi connectivity index (χ2v) is 8.30. The Labute approximate surface area is 158 Å². The van der Waals surface area contributed by atoms with Gasteiger partial charge in [0.25, 0.3) is 5.91 Å². The zero-order valence-corrected chi connectivity index (χ0v) is 16.3. The van der Waals surface area contributed by atoms with E-state index in [-0.39, 0.29) is 15.5 Å². The summed E-state index contributed by atoms with van der Waals surface area (Å²) in [6, 6.07) is 11.0. The second kappa shape index (κ2) is 8.53. The van der Waals surface area contributed by atoms with Gasteiger partial charge in [0.1, 0.15) is 5.75 Å². The van der Waals surface area contributed by atoms with Crippen molar-refractivity contribution < 1.29 is 17.9 Å². The quantitative estimate of drug-likeness (QED) is 0.749. The minimum Gasteiger partial charge on any atom is -0.491 e. The van der Waals surface area contributed by atoms with Gasteiger partial charge in [0.05, 0.1) is 27.8 Å². The minimum atomic E-state index is -3.68. The van der Waals surface area contributed by atoms with E-state index in [1.54, 1.807) is 24.3 Å². The fourth-order valence-electron chi connectivity index (χ4n) is 2.11. The first-order valence-electron chi connectivity index (χ1n) is 8.01. The predicted octanol–water partition coefficient (Wildman–Crippen LogP) is 3.54. The van der Waals surface area contributed by atoms with Crippen LogP contribution in [0.5, 0.6) is 5.75 Å². The molecule has 2 N–H and O–H groups in total. The monoisotopic (exact) mass is 396 g/mol. The Morgan fingerprint density at radius 2 is 1.88 bits per heavy atom. The zero-order chi connectivity index (χ0) is 19.3. The van der Waals surface area contributed by atoms with Gasteiger partial charge in [0.15, 0.2) is 0 Å². The molecule has 0 heterocycles. The summed E-state index contributed by atoms with van der Waals surface area (Å²) in [5.74, 6) is 0.338. The maximum absolute atomic E-state index is 12.6. The molecule has 0 spiro atoms. The van der Waals surface area contributed by atoms with Gasteiger partial charge in [-0.2, -0.15) is 0 Å². The molecule has 0 radical (unpaired) electrons. The molecule has 0 aliphatic rings. The molecule has 0 bridgehead atoms. The first-order chi connectivity index (χ1) is 12.2. The topological polar surface area (TPSA) is 84.5 Å². The molecule has 2 rings (SSSR count). The number of benzene rings is 2. The Hall–Kier alpha value is -2.09. The van der Waals surface area contributed by atoms with Gasteiger partial charge in [0.2, 0.25) is 10.0 Å². The van der Waals surface area contributed by atoms with Crippen molar-refractivity contribution in [3.8, 4) is 5.75 Å². The highest BCUT2D eigenvalue weighted by Crippen LogP contribution is 2.27. The number of halogens is 1. The van der Waals surface area contributed by atoms with Crippen LogP contribution >= 0.6 is 11.6 Å². The first-order valence-corrected chi connectivity index (χ1v) is 9.87. The average Bonchev–Trinajstić information content (AvgIpc) is 2.61. The Morgan fingerprint density at radius 1 is 1.19 bits per heavy atom. The molecule has 0 aliphatic heterocycles. The van der Waals surface area contributed by atoms with E-state index in [0.29, 0.717) is 24.0 Å². The molecule has 0 saturated carbocycles. The van der Waals surface area contributed by atoms with Crippen molar-refractivity contribution in [2.24, 2.45) is 5.92 Å². The van der Waals surface area contributed by atoms with Gasteiger partial charge in [-0.1, -0.05) is 37.6 Å². The molecular formula is C18H21ClN2O4S. The van der Waals surface area contributed by atoms with Crippen molar-refractivity contribution in [3.63, 3.8) is 0 Å². The highest BCUT2D eigenvalue weighted by molar-refractivity contribution is 7.89. The van der Waals surface area contributed by atoms with Crippen LogP contribution in [0.2, 0.25) is 5.02 Å². The normalized spacial score (nSPS) is 11.4. The number of amides is 1. The van der Waals surface area contributed by atoms with Crippen LogP contribution in [0.1, 0.15) is 24.2 Å². The number of carbonyl (C=O) groups is 1.